The van der Waals surface area contributed by atoms with Gasteiger partial charge in [-0.15, -0.1) is 0 Å². The highest BCUT2D eigenvalue weighted by Gasteiger charge is 2.66. The highest BCUT2D eigenvalue weighted by molar-refractivity contribution is 7.22. The Labute approximate surface area is 254 Å². The molecule has 7 nitrogen and oxygen atoms in total. The second kappa shape index (κ2) is 9.10. The summed E-state index contributed by atoms with van der Waals surface area (Å²) in [5.41, 5.74) is 2.76. The molecule has 1 atom stereocenters. The highest BCUT2D eigenvalue weighted by atomic mass is 35.5. The molecule has 0 fully saturated rings. The number of carbonyl (C=O) groups is 2. The Morgan fingerprint density at radius 1 is 0.907 bits per heavy atom. The molecule has 0 saturated carbocycles. The number of carbonyl (C=O) groups excluding carboxylic acids is 2. The summed E-state index contributed by atoms with van der Waals surface area (Å²) >= 11 is 7.60. The monoisotopic (exact) mass is 603 g/mol. The molecule has 0 saturated heterocycles. The summed E-state index contributed by atoms with van der Waals surface area (Å²) < 4.78 is 7.03. The van der Waals surface area contributed by atoms with Gasteiger partial charge in [0.15, 0.2) is 16.1 Å². The lowest BCUT2D eigenvalue weighted by atomic mass is 9.84. The number of aryl methyl sites for hydroxylation is 2. The van der Waals surface area contributed by atoms with Crippen LogP contribution in [-0.2, 0) is 16.9 Å². The van der Waals surface area contributed by atoms with Crippen LogP contribution >= 0.6 is 22.9 Å². The van der Waals surface area contributed by atoms with Gasteiger partial charge in [0.2, 0.25) is 5.76 Å². The number of hydrogen-bond acceptors (Lipinski definition) is 6. The molecular weight excluding hydrogens is 582 g/mol. The molecule has 1 unspecified atom stereocenters. The standard InChI is InChI=1S/C34H22ClN3O4S/c1-18-7-10-20(11-8-18)17-37-25-6-4-3-5-23(25)34(32(37)41)28-29(39)22-16-21(35)12-14-26(22)42-30(28)31(40)38(34)33-36-24-13-9-19(2)15-27(24)43-33/h3-16H,17H2,1-2H3. The van der Waals surface area contributed by atoms with Crippen LogP contribution in [0.5, 0.6) is 0 Å². The van der Waals surface area contributed by atoms with Gasteiger partial charge in [0.1, 0.15) is 5.58 Å². The van der Waals surface area contributed by atoms with Crippen molar-refractivity contribution in [2.45, 2.75) is 25.9 Å². The Balaban J connectivity index is 1.45. The smallest absolute Gasteiger partial charge is 0.297 e. The van der Waals surface area contributed by atoms with Crippen LogP contribution in [0.1, 0.15) is 38.4 Å². The largest absolute Gasteiger partial charge is 0.450 e. The molecule has 0 bridgehead atoms. The normalized spacial score (nSPS) is 17.5. The molecule has 6 aromatic rings. The number of anilines is 2. The Kier molecular flexibility index (Phi) is 5.48. The molecule has 0 aliphatic carbocycles. The van der Waals surface area contributed by atoms with Gasteiger partial charge in [-0.3, -0.25) is 19.3 Å². The van der Waals surface area contributed by atoms with E-state index in [1.165, 1.54) is 22.3 Å². The molecule has 2 aromatic heterocycles. The Morgan fingerprint density at radius 3 is 2.49 bits per heavy atom. The van der Waals surface area contributed by atoms with Crippen molar-refractivity contribution < 1.29 is 14.0 Å². The number of amides is 2. The van der Waals surface area contributed by atoms with Crippen molar-refractivity contribution in [2.75, 3.05) is 9.80 Å². The van der Waals surface area contributed by atoms with Crippen LogP contribution in [0.25, 0.3) is 21.2 Å². The van der Waals surface area contributed by atoms with Gasteiger partial charge in [0, 0.05) is 10.6 Å². The van der Waals surface area contributed by atoms with E-state index >= 15 is 4.79 Å². The minimum atomic E-state index is -1.83. The van der Waals surface area contributed by atoms with E-state index in [-0.39, 0.29) is 28.8 Å². The maximum atomic E-state index is 15.1. The number of rotatable bonds is 3. The summed E-state index contributed by atoms with van der Waals surface area (Å²) in [7, 11) is 0. The van der Waals surface area contributed by atoms with Gasteiger partial charge in [-0.1, -0.05) is 77.0 Å². The van der Waals surface area contributed by atoms with E-state index in [1.807, 2.05) is 74.5 Å². The number of fused-ring (bicyclic) bond motifs is 6. The lowest BCUT2D eigenvalue weighted by Crippen LogP contribution is -2.53. The first-order chi connectivity index (χ1) is 20.8. The summed E-state index contributed by atoms with van der Waals surface area (Å²) in [6.45, 7) is 4.23. The van der Waals surface area contributed by atoms with Crippen molar-refractivity contribution in [3.63, 3.8) is 0 Å². The molecule has 2 amide bonds. The third-order valence-corrected chi connectivity index (χ3v) is 9.51. The average molecular weight is 604 g/mol. The topological polar surface area (TPSA) is 83.7 Å². The molecule has 210 valence electrons. The van der Waals surface area contributed by atoms with Crippen LogP contribution in [-0.4, -0.2) is 16.8 Å². The first-order valence-electron chi connectivity index (χ1n) is 13.7. The van der Waals surface area contributed by atoms with Crippen LogP contribution in [0.4, 0.5) is 10.8 Å². The Hall–Kier alpha value is -4.79. The second-order valence-corrected chi connectivity index (χ2v) is 12.4. The highest BCUT2D eigenvalue weighted by Crippen LogP contribution is 2.55. The van der Waals surface area contributed by atoms with E-state index in [9.17, 15) is 9.59 Å². The van der Waals surface area contributed by atoms with E-state index in [0.29, 0.717) is 26.9 Å². The molecule has 0 N–H and O–H groups in total. The van der Waals surface area contributed by atoms with Crippen molar-refractivity contribution in [3.8, 4) is 0 Å². The number of para-hydroxylation sites is 1. The van der Waals surface area contributed by atoms with Crippen LogP contribution in [0.3, 0.4) is 0 Å². The minimum absolute atomic E-state index is 0.0217. The number of nitrogens with zero attached hydrogens (tertiary/aromatic N) is 3. The molecule has 1 spiro atoms. The first-order valence-corrected chi connectivity index (χ1v) is 14.9. The third kappa shape index (κ3) is 3.54. The van der Waals surface area contributed by atoms with Crippen LogP contribution in [0.15, 0.2) is 94.1 Å². The van der Waals surface area contributed by atoms with Crippen molar-refractivity contribution in [3.05, 3.63) is 134 Å². The Bertz CT molecular complexity index is 2240. The lowest BCUT2D eigenvalue weighted by Gasteiger charge is -2.32. The third-order valence-electron chi connectivity index (χ3n) is 8.27. The van der Waals surface area contributed by atoms with Crippen LogP contribution < -0.4 is 15.2 Å². The van der Waals surface area contributed by atoms with Gasteiger partial charge in [0.05, 0.1) is 33.4 Å². The van der Waals surface area contributed by atoms with E-state index in [4.69, 9.17) is 21.0 Å². The van der Waals surface area contributed by atoms with Crippen molar-refractivity contribution in [2.24, 2.45) is 0 Å². The average Bonchev–Trinajstić information content (AvgIpc) is 3.60. The van der Waals surface area contributed by atoms with Crippen molar-refractivity contribution in [1.29, 1.82) is 0 Å². The first kappa shape index (κ1) is 25.9. The predicted octanol–water partition coefficient (Wildman–Crippen LogP) is 7.12. The molecule has 43 heavy (non-hydrogen) atoms. The summed E-state index contributed by atoms with van der Waals surface area (Å²) in [5.74, 6) is -1.19. The summed E-state index contributed by atoms with van der Waals surface area (Å²) in [6, 6.07) is 25.7. The molecule has 9 heteroatoms. The van der Waals surface area contributed by atoms with E-state index in [2.05, 4.69) is 0 Å². The molecule has 2 aliphatic rings. The van der Waals surface area contributed by atoms with Gasteiger partial charge >= 0.3 is 0 Å². The molecule has 4 heterocycles. The molecule has 8 rings (SSSR count). The summed E-state index contributed by atoms with van der Waals surface area (Å²) in [4.78, 5) is 51.8. The van der Waals surface area contributed by atoms with E-state index in [0.717, 1.165) is 21.4 Å². The van der Waals surface area contributed by atoms with Gasteiger partial charge in [-0.05, 0) is 61.4 Å². The number of halogens is 1. The number of aromatic nitrogens is 1. The fourth-order valence-electron chi connectivity index (χ4n) is 6.28. The maximum Gasteiger partial charge on any atom is 0.297 e. The number of hydrogen-bond donors (Lipinski definition) is 0. The van der Waals surface area contributed by atoms with Crippen molar-refractivity contribution in [1.82, 2.24) is 4.98 Å². The fraction of sp³-hybridized carbons (Fsp3) is 0.118. The zero-order valence-electron chi connectivity index (χ0n) is 23.1. The Morgan fingerprint density at radius 2 is 1.67 bits per heavy atom. The minimum Gasteiger partial charge on any atom is -0.450 e. The van der Waals surface area contributed by atoms with E-state index < -0.39 is 22.8 Å². The fourth-order valence-corrected chi connectivity index (χ4v) is 7.57. The van der Waals surface area contributed by atoms with Gasteiger partial charge in [-0.2, -0.15) is 0 Å². The molecular formula is C34H22ClN3O4S. The SMILES string of the molecule is Cc1ccc(CN2C(=O)C3(c4ccccc42)c2c(oc4ccc(Cl)cc4c2=O)C(=O)N3c2nc3ccc(C)cc3s2)cc1. The van der Waals surface area contributed by atoms with Gasteiger partial charge < -0.3 is 9.32 Å². The zero-order chi connectivity index (χ0) is 29.6. The number of thiazole rings is 1. The molecule has 4 aromatic carbocycles. The van der Waals surface area contributed by atoms with Gasteiger partial charge in [0.25, 0.3) is 11.8 Å². The quantitative estimate of drug-likeness (QED) is 0.215. The van der Waals surface area contributed by atoms with Crippen LogP contribution in [0, 0.1) is 13.8 Å². The lowest BCUT2D eigenvalue weighted by molar-refractivity contribution is -0.121. The van der Waals surface area contributed by atoms with E-state index in [1.54, 1.807) is 23.1 Å². The zero-order valence-corrected chi connectivity index (χ0v) is 24.6. The number of benzene rings is 4. The van der Waals surface area contributed by atoms with Crippen molar-refractivity contribution >= 4 is 66.8 Å². The predicted molar refractivity (Wildman–Crippen MR) is 168 cm³/mol. The van der Waals surface area contributed by atoms with Gasteiger partial charge in [-0.25, -0.2) is 4.98 Å². The summed E-state index contributed by atoms with van der Waals surface area (Å²) in [5, 5.41) is 0.844. The second-order valence-electron chi connectivity index (χ2n) is 11.0. The molecule has 0 radical (unpaired) electrons. The van der Waals surface area contributed by atoms with Crippen LogP contribution in [0.2, 0.25) is 5.02 Å². The molecule has 2 aliphatic heterocycles. The summed E-state index contributed by atoms with van der Waals surface area (Å²) in [6.07, 6.45) is 0. The maximum absolute atomic E-state index is 15.1.